The van der Waals surface area contributed by atoms with E-state index in [0.29, 0.717) is 17.7 Å². The first kappa shape index (κ1) is 9.00. The van der Waals surface area contributed by atoms with Crippen LogP contribution in [0.2, 0.25) is 0 Å². The standard InChI is InChI=1S/C10H18N2O/c1-7-4-10(13)12(5-7)6-9(11)8-2-3-8/h7-9H,2-6,11H2,1H3. The Balaban J connectivity index is 1.83. The molecule has 2 N–H and O–H groups in total. The van der Waals surface area contributed by atoms with Crippen molar-refractivity contribution < 1.29 is 4.79 Å². The molecule has 0 bridgehead atoms. The average Bonchev–Trinajstić information content (AvgIpc) is 2.81. The number of nitrogens with two attached hydrogens (primary N) is 1. The van der Waals surface area contributed by atoms with Gasteiger partial charge in [-0.2, -0.15) is 0 Å². The second kappa shape index (κ2) is 3.29. The molecule has 0 spiro atoms. The molecule has 1 heterocycles. The quantitative estimate of drug-likeness (QED) is 0.694. The van der Waals surface area contributed by atoms with Crippen molar-refractivity contribution >= 4 is 5.91 Å². The van der Waals surface area contributed by atoms with Crippen LogP contribution in [0.5, 0.6) is 0 Å². The first-order chi connectivity index (χ1) is 6.16. The van der Waals surface area contributed by atoms with E-state index >= 15 is 0 Å². The van der Waals surface area contributed by atoms with Crippen molar-refractivity contribution in [3.05, 3.63) is 0 Å². The zero-order chi connectivity index (χ0) is 9.42. The van der Waals surface area contributed by atoms with Gasteiger partial charge in [-0.1, -0.05) is 6.92 Å². The molecule has 1 aliphatic heterocycles. The van der Waals surface area contributed by atoms with E-state index in [4.69, 9.17) is 5.73 Å². The molecular weight excluding hydrogens is 164 g/mol. The molecule has 1 saturated heterocycles. The zero-order valence-corrected chi connectivity index (χ0v) is 8.20. The number of nitrogens with zero attached hydrogens (tertiary/aromatic N) is 1. The summed E-state index contributed by atoms with van der Waals surface area (Å²) in [6.45, 7) is 3.83. The van der Waals surface area contributed by atoms with Gasteiger partial charge in [-0.15, -0.1) is 0 Å². The lowest BCUT2D eigenvalue weighted by atomic mass is 10.1. The number of carbonyl (C=O) groups excluding carboxylic acids is 1. The number of hydrogen-bond acceptors (Lipinski definition) is 2. The van der Waals surface area contributed by atoms with Crippen molar-refractivity contribution in [2.75, 3.05) is 13.1 Å². The monoisotopic (exact) mass is 182 g/mol. The van der Waals surface area contributed by atoms with Crippen molar-refractivity contribution in [1.82, 2.24) is 4.90 Å². The fourth-order valence-electron chi connectivity index (χ4n) is 2.07. The summed E-state index contributed by atoms with van der Waals surface area (Å²) in [7, 11) is 0. The van der Waals surface area contributed by atoms with Gasteiger partial charge in [-0.25, -0.2) is 0 Å². The Kier molecular flexibility index (Phi) is 2.28. The van der Waals surface area contributed by atoms with Crippen LogP contribution >= 0.6 is 0 Å². The maximum Gasteiger partial charge on any atom is 0.222 e. The third-order valence-corrected chi connectivity index (χ3v) is 3.07. The third kappa shape index (κ3) is 2.02. The molecule has 3 heteroatoms. The minimum atomic E-state index is 0.231. The Morgan fingerprint density at radius 2 is 2.31 bits per heavy atom. The van der Waals surface area contributed by atoms with Crippen LogP contribution < -0.4 is 5.73 Å². The van der Waals surface area contributed by atoms with Gasteiger partial charge in [0.05, 0.1) is 0 Å². The second-order valence-corrected chi connectivity index (χ2v) is 4.61. The molecule has 2 aliphatic rings. The van der Waals surface area contributed by atoms with Crippen LogP contribution in [0, 0.1) is 11.8 Å². The zero-order valence-electron chi connectivity index (χ0n) is 8.20. The summed E-state index contributed by atoms with van der Waals surface area (Å²) in [6, 6.07) is 0.231. The fraction of sp³-hybridized carbons (Fsp3) is 0.900. The summed E-state index contributed by atoms with van der Waals surface area (Å²) >= 11 is 0. The summed E-state index contributed by atoms with van der Waals surface area (Å²) < 4.78 is 0. The van der Waals surface area contributed by atoms with Gasteiger partial charge in [-0.3, -0.25) is 4.79 Å². The molecule has 74 valence electrons. The van der Waals surface area contributed by atoms with Gasteiger partial charge < -0.3 is 10.6 Å². The van der Waals surface area contributed by atoms with Crippen LogP contribution in [0.3, 0.4) is 0 Å². The Morgan fingerprint density at radius 1 is 1.62 bits per heavy atom. The van der Waals surface area contributed by atoms with Gasteiger partial charge in [-0.05, 0) is 24.7 Å². The summed E-state index contributed by atoms with van der Waals surface area (Å²) in [4.78, 5) is 13.4. The highest BCUT2D eigenvalue weighted by Crippen LogP contribution is 2.32. The minimum Gasteiger partial charge on any atom is -0.341 e. The number of likely N-dealkylation sites (tertiary alicyclic amines) is 1. The lowest BCUT2D eigenvalue weighted by Gasteiger charge is -2.20. The van der Waals surface area contributed by atoms with Crippen LogP contribution in [0.15, 0.2) is 0 Å². The van der Waals surface area contributed by atoms with E-state index in [1.54, 1.807) is 0 Å². The van der Waals surface area contributed by atoms with Crippen molar-refractivity contribution in [3.8, 4) is 0 Å². The Labute approximate surface area is 79.3 Å². The van der Waals surface area contributed by atoms with E-state index in [-0.39, 0.29) is 6.04 Å². The van der Waals surface area contributed by atoms with Crippen LogP contribution in [0.25, 0.3) is 0 Å². The molecule has 2 atom stereocenters. The SMILES string of the molecule is CC1CC(=O)N(CC(N)C2CC2)C1. The van der Waals surface area contributed by atoms with E-state index in [1.807, 2.05) is 4.90 Å². The highest BCUT2D eigenvalue weighted by molar-refractivity contribution is 5.78. The maximum atomic E-state index is 11.4. The molecule has 1 aliphatic carbocycles. The average molecular weight is 182 g/mol. The molecule has 2 rings (SSSR count). The summed E-state index contributed by atoms with van der Waals surface area (Å²) in [5, 5.41) is 0. The predicted octanol–water partition coefficient (Wildman–Crippen LogP) is 0.592. The number of carbonyl (C=O) groups is 1. The van der Waals surface area contributed by atoms with Crippen LogP contribution in [0.1, 0.15) is 26.2 Å². The van der Waals surface area contributed by atoms with Crippen LogP contribution in [0.4, 0.5) is 0 Å². The molecule has 0 radical (unpaired) electrons. The van der Waals surface area contributed by atoms with Crippen molar-refractivity contribution in [1.29, 1.82) is 0 Å². The van der Waals surface area contributed by atoms with Crippen molar-refractivity contribution in [3.63, 3.8) is 0 Å². The number of hydrogen-bond donors (Lipinski definition) is 1. The summed E-state index contributed by atoms with van der Waals surface area (Å²) in [6.07, 6.45) is 3.24. The maximum absolute atomic E-state index is 11.4. The molecule has 2 fully saturated rings. The van der Waals surface area contributed by atoms with Gasteiger partial charge >= 0.3 is 0 Å². The highest BCUT2D eigenvalue weighted by Gasteiger charge is 2.33. The fourth-order valence-corrected chi connectivity index (χ4v) is 2.07. The molecule has 2 unspecified atom stereocenters. The Bertz CT molecular complexity index is 213. The van der Waals surface area contributed by atoms with Gasteiger partial charge in [0.2, 0.25) is 5.91 Å². The Morgan fingerprint density at radius 3 is 2.77 bits per heavy atom. The number of amides is 1. The topological polar surface area (TPSA) is 46.3 Å². The molecule has 13 heavy (non-hydrogen) atoms. The molecule has 3 nitrogen and oxygen atoms in total. The van der Waals surface area contributed by atoms with Gasteiger partial charge in [0.25, 0.3) is 0 Å². The second-order valence-electron chi connectivity index (χ2n) is 4.61. The Hall–Kier alpha value is -0.570. The molecule has 0 aromatic rings. The first-order valence-corrected chi connectivity index (χ1v) is 5.20. The molecule has 1 amide bonds. The van der Waals surface area contributed by atoms with Crippen LogP contribution in [-0.4, -0.2) is 29.9 Å². The minimum absolute atomic E-state index is 0.231. The van der Waals surface area contributed by atoms with Gasteiger partial charge in [0.15, 0.2) is 0 Å². The summed E-state index contributed by atoms with van der Waals surface area (Å²) in [5.74, 6) is 1.52. The third-order valence-electron chi connectivity index (χ3n) is 3.07. The first-order valence-electron chi connectivity index (χ1n) is 5.20. The van der Waals surface area contributed by atoms with Crippen LogP contribution in [-0.2, 0) is 4.79 Å². The molecular formula is C10H18N2O. The van der Waals surface area contributed by atoms with Gasteiger partial charge in [0, 0.05) is 25.6 Å². The number of rotatable bonds is 3. The van der Waals surface area contributed by atoms with E-state index < -0.39 is 0 Å². The summed E-state index contributed by atoms with van der Waals surface area (Å²) in [5.41, 5.74) is 5.97. The normalized spacial score (nSPS) is 31.1. The van der Waals surface area contributed by atoms with E-state index in [0.717, 1.165) is 19.5 Å². The smallest absolute Gasteiger partial charge is 0.222 e. The molecule has 0 aromatic carbocycles. The van der Waals surface area contributed by atoms with E-state index in [2.05, 4.69) is 6.92 Å². The van der Waals surface area contributed by atoms with Crippen molar-refractivity contribution in [2.45, 2.75) is 32.2 Å². The van der Waals surface area contributed by atoms with Crippen molar-refractivity contribution in [2.24, 2.45) is 17.6 Å². The van der Waals surface area contributed by atoms with E-state index in [1.165, 1.54) is 12.8 Å². The lowest BCUT2D eigenvalue weighted by molar-refractivity contribution is -0.128. The van der Waals surface area contributed by atoms with Gasteiger partial charge in [0.1, 0.15) is 0 Å². The highest BCUT2D eigenvalue weighted by atomic mass is 16.2. The molecule has 1 saturated carbocycles. The predicted molar refractivity (Wildman–Crippen MR) is 51.1 cm³/mol. The largest absolute Gasteiger partial charge is 0.341 e. The lowest BCUT2D eigenvalue weighted by Crippen LogP contribution is -2.39. The molecule has 0 aromatic heterocycles. The van der Waals surface area contributed by atoms with E-state index in [9.17, 15) is 4.79 Å².